The number of hydrogen-bond acceptors (Lipinski definition) is 5. The molecule has 2 aromatic heterocycles. The molecule has 0 saturated carbocycles. The van der Waals surface area contributed by atoms with Crippen molar-refractivity contribution in [2.75, 3.05) is 12.4 Å². The third-order valence-corrected chi connectivity index (χ3v) is 3.22. The van der Waals surface area contributed by atoms with Gasteiger partial charge in [0, 0.05) is 26.0 Å². The summed E-state index contributed by atoms with van der Waals surface area (Å²) in [5, 5.41) is 7.92. The molecule has 0 bridgehead atoms. The lowest BCUT2D eigenvalue weighted by atomic mass is 10.3. The van der Waals surface area contributed by atoms with Gasteiger partial charge in [0.05, 0.1) is 0 Å². The van der Waals surface area contributed by atoms with E-state index in [1.165, 1.54) is 5.56 Å². The van der Waals surface area contributed by atoms with E-state index in [0.717, 1.165) is 16.7 Å². The Morgan fingerprint density at radius 1 is 1.38 bits per heavy atom. The Morgan fingerprint density at radius 2 is 2.25 bits per heavy atom. The maximum atomic E-state index is 4.25. The Bertz CT molecular complexity index is 450. The number of thioether (sulfide) groups is 1. The maximum Gasteiger partial charge on any atom is 0.186 e. The van der Waals surface area contributed by atoms with Gasteiger partial charge in [-0.05, 0) is 11.6 Å². The monoisotopic (exact) mass is 235 g/mol. The van der Waals surface area contributed by atoms with Crippen molar-refractivity contribution in [1.82, 2.24) is 19.7 Å². The number of rotatable bonds is 4. The van der Waals surface area contributed by atoms with Crippen molar-refractivity contribution >= 4 is 17.6 Å². The molecule has 0 saturated heterocycles. The van der Waals surface area contributed by atoms with Crippen molar-refractivity contribution in [3.63, 3.8) is 0 Å². The van der Waals surface area contributed by atoms with E-state index in [-0.39, 0.29) is 0 Å². The number of pyridine rings is 1. The summed E-state index contributed by atoms with van der Waals surface area (Å²) in [6.45, 7) is 0. The second kappa shape index (κ2) is 4.98. The summed E-state index contributed by atoms with van der Waals surface area (Å²) in [6, 6.07) is 4.02. The summed E-state index contributed by atoms with van der Waals surface area (Å²) in [4.78, 5) is 8.40. The number of aromatic nitrogens is 4. The van der Waals surface area contributed by atoms with Crippen molar-refractivity contribution in [3.8, 4) is 0 Å². The normalized spacial score (nSPS) is 10.4. The first kappa shape index (κ1) is 10.9. The Labute approximate surface area is 98.3 Å². The molecule has 0 aromatic carbocycles. The van der Waals surface area contributed by atoms with Crippen LogP contribution in [0.4, 0.5) is 5.82 Å². The SMILES string of the molecule is CNc1ccc(CSc2ncnn2C)cn1. The Kier molecular flexibility index (Phi) is 3.40. The molecule has 2 aromatic rings. The summed E-state index contributed by atoms with van der Waals surface area (Å²) >= 11 is 1.65. The van der Waals surface area contributed by atoms with Crippen LogP contribution in [0.1, 0.15) is 5.56 Å². The van der Waals surface area contributed by atoms with Gasteiger partial charge >= 0.3 is 0 Å². The molecule has 6 heteroatoms. The van der Waals surface area contributed by atoms with Gasteiger partial charge in [0.25, 0.3) is 0 Å². The lowest BCUT2D eigenvalue weighted by Gasteiger charge is -2.02. The fraction of sp³-hybridized carbons (Fsp3) is 0.300. The molecule has 2 rings (SSSR count). The van der Waals surface area contributed by atoms with Crippen LogP contribution in [0.2, 0.25) is 0 Å². The average Bonchev–Trinajstić information content (AvgIpc) is 2.73. The number of aryl methyl sites for hydroxylation is 1. The first-order valence-corrected chi connectivity index (χ1v) is 5.87. The van der Waals surface area contributed by atoms with Gasteiger partial charge in [-0.2, -0.15) is 5.10 Å². The van der Waals surface area contributed by atoms with Gasteiger partial charge in [-0.25, -0.2) is 14.6 Å². The molecule has 5 nitrogen and oxygen atoms in total. The Balaban J connectivity index is 1.97. The molecule has 0 atom stereocenters. The van der Waals surface area contributed by atoms with E-state index in [4.69, 9.17) is 0 Å². The quantitative estimate of drug-likeness (QED) is 0.815. The predicted molar refractivity (Wildman–Crippen MR) is 64.3 cm³/mol. The van der Waals surface area contributed by atoms with Crippen LogP contribution in [0.25, 0.3) is 0 Å². The van der Waals surface area contributed by atoms with Crippen molar-refractivity contribution in [3.05, 3.63) is 30.2 Å². The highest BCUT2D eigenvalue weighted by molar-refractivity contribution is 7.98. The highest BCUT2D eigenvalue weighted by Crippen LogP contribution is 2.19. The molecule has 16 heavy (non-hydrogen) atoms. The van der Waals surface area contributed by atoms with Crippen LogP contribution >= 0.6 is 11.8 Å². The minimum Gasteiger partial charge on any atom is -0.373 e. The molecule has 0 radical (unpaired) electrons. The van der Waals surface area contributed by atoms with Crippen molar-refractivity contribution < 1.29 is 0 Å². The van der Waals surface area contributed by atoms with E-state index < -0.39 is 0 Å². The molecule has 0 fully saturated rings. The van der Waals surface area contributed by atoms with Crippen LogP contribution in [-0.4, -0.2) is 26.8 Å². The minimum absolute atomic E-state index is 0.851. The molecule has 0 unspecified atom stereocenters. The van der Waals surface area contributed by atoms with Crippen molar-refractivity contribution in [2.45, 2.75) is 10.9 Å². The van der Waals surface area contributed by atoms with E-state index in [1.807, 2.05) is 26.4 Å². The third kappa shape index (κ3) is 2.52. The van der Waals surface area contributed by atoms with Crippen LogP contribution in [0.5, 0.6) is 0 Å². The third-order valence-electron chi connectivity index (χ3n) is 2.12. The second-order valence-electron chi connectivity index (χ2n) is 3.26. The zero-order valence-corrected chi connectivity index (χ0v) is 10.0. The van der Waals surface area contributed by atoms with Gasteiger partial charge in [-0.3, -0.25) is 0 Å². The van der Waals surface area contributed by atoms with Gasteiger partial charge < -0.3 is 5.32 Å². The fourth-order valence-electron chi connectivity index (χ4n) is 1.22. The topological polar surface area (TPSA) is 55.6 Å². The van der Waals surface area contributed by atoms with Gasteiger partial charge in [-0.1, -0.05) is 17.8 Å². The molecule has 0 amide bonds. The lowest BCUT2D eigenvalue weighted by Crippen LogP contribution is -1.94. The van der Waals surface area contributed by atoms with Crippen LogP contribution in [-0.2, 0) is 12.8 Å². The maximum absolute atomic E-state index is 4.25. The predicted octanol–water partition coefficient (Wildman–Crippen LogP) is 1.54. The van der Waals surface area contributed by atoms with E-state index in [1.54, 1.807) is 22.8 Å². The Hall–Kier alpha value is -1.56. The van der Waals surface area contributed by atoms with E-state index >= 15 is 0 Å². The number of nitrogens with one attached hydrogen (secondary N) is 1. The van der Waals surface area contributed by atoms with E-state index in [2.05, 4.69) is 26.4 Å². The van der Waals surface area contributed by atoms with Crippen LogP contribution in [0.3, 0.4) is 0 Å². The first-order valence-electron chi connectivity index (χ1n) is 4.89. The summed E-state index contributed by atoms with van der Waals surface area (Å²) < 4.78 is 1.76. The molecule has 0 aliphatic heterocycles. The smallest absolute Gasteiger partial charge is 0.186 e. The minimum atomic E-state index is 0.851. The highest BCUT2D eigenvalue weighted by Gasteiger charge is 2.02. The number of nitrogens with zero attached hydrogens (tertiary/aromatic N) is 4. The second-order valence-corrected chi connectivity index (χ2v) is 4.20. The first-order chi connectivity index (χ1) is 7.79. The molecular formula is C10H13N5S. The van der Waals surface area contributed by atoms with Gasteiger partial charge in [0.2, 0.25) is 0 Å². The molecule has 2 heterocycles. The van der Waals surface area contributed by atoms with Crippen molar-refractivity contribution in [1.29, 1.82) is 0 Å². The standard InChI is InChI=1S/C10H13N5S/c1-11-9-4-3-8(5-12-9)6-16-10-13-7-14-15(10)2/h3-5,7H,6H2,1-2H3,(H,11,12). The molecule has 0 spiro atoms. The number of anilines is 1. The summed E-state index contributed by atoms with van der Waals surface area (Å²) in [6.07, 6.45) is 3.43. The van der Waals surface area contributed by atoms with Crippen LogP contribution in [0, 0.1) is 0 Å². The molecule has 84 valence electrons. The summed E-state index contributed by atoms with van der Waals surface area (Å²) in [7, 11) is 3.74. The fourth-order valence-corrected chi connectivity index (χ4v) is 2.04. The van der Waals surface area contributed by atoms with Crippen LogP contribution < -0.4 is 5.32 Å². The van der Waals surface area contributed by atoms with Crippen molar-refractivity contribution in [2.24, 2.45) is 7.05 Å². The molecule has 0 aliphatic carbocycles. The number of hydrogen-bond donors (Lipinski definition) is 1. The highest BCUT2D eigenvalue weighted by atomic mass is 32.2. The molecular weight excluding hydrogens is 222 g/mol. The van der Waals surface area contributed by atoms with Gasteiger partial charge in [-0.15, -0.1) is 0 Å². The lowest BCUT2D eigenvalue weighted by molar-refractivity contribution is 0.685. The Morgan fingerprint density at radius 3 is 2.81 bits per heavy atom. The summed E-state index contributed by atoms with van der Waals surface area (Å²) in [5.74, 6) is 1.73. The molecule has 0 aliphatic rings. The summed E-state index contributed by atoms with van der Waals surface area (Å²) in [5.41, 5.74) is 1.17. The van der Waals surface area contributed by atoms with Gasteiger partial charge in [0.15, 0.2) is 5.16 Å². The van der Waals surface area contributed by atoms with E-state index in [0.29, 0.717) is 0 Å². The zero-order chi connectivity index (χ0) is 11.4. The zero-order valence-electron chi connectivity index (χ0n) is 9.21. The largest absolute Gasteiger partial charge is 0.373 e. The van der Waals surface area contributed by atoms with E-state index in [9.17, 15) is 0 Å². The van der Waals surface area contributed by atoms with Gasteiger partial charge in [0.1, 0.15) is 12.1 Å². The average molecular weight is 235 g/mol. The van der Waals surface area contributed by atoms with Crippen LogP contribution in [0.15, 0.2) is 29.8 Å². The molecule has 1 N–H and O–H groups in total.